The van der Waals surface area contributed by atoms with E-state index in [0.29, 0.717) is 37.6 Å². The van der Waals surface area contributed by atoms with Crippen LogP contribution in [0.1, 0.15) is 53.5 Å². The van der Waals surface area contributed by atoms with Crippen LogP contribution < -0.4 is 10.1 Å². The maximum absolute atomic E-state index is 12.5. The number of rotatable bonds is 10. The molecule has 34 heavy (non-hydrogen) atoms. The number of carbonyl (C=O) groups is 1. The Bertz CT molecular complexity index is 1240. The molecule has 0 bridgehead atoms. The summed E-state index contributed by atoms with van der Waals surface area (Å²) in [6.07, 6.45) is 1.78. The third-order valence-corrected chi connectivity index (χ3v) is 6.29. The number of nitrogens with one attached hydrogen (secondary N) is 1. The summed E-state index contributed by atoms with van der Waals surface area (Å²) in [5, 5.41) is 3.02. The molecule has 4 aromatic rings. The maximum Gasteiger partial charge on any atom is 0.251 e. The zero-order chi connectivity index (χ0) is 23.9. The summed E-state index contributed by atoms with van der Waals surface area (Å²) in [5.41, 5.74) is 5.13. The van der Waals surface area contributed by atoms with Gasteiger partial charge in [-0.25, -0.2) is 4.98 Å². The van der Waals surface area contributed by atoms with E-state index in [2.05, 4.69) is 54.1 Å². The minimum absolute atomic E-state index is 0.0597. The summed E-state index contributed by atoms with van der Waals surface area (Å²) >= 11 is 0. The Morgan fingerprint density at radius 3 is 2.62 bits per heavy atom. The third kappa shape index (κ3) is 5.66. The van der Waals surface area contributed by atoms with Crippen LogP contribution in [0.5, 0.6) is 5.75 Å². The molecule has 1 aromatic heterocycles. The number of nitrogens with zero attached hydrogens (tertiary/aromatic N) is 2. The molecular formula is C29H33N3O2. The predicted octanol–water partition coefficient (Wildman–Crippen LogP) is 5.91. The van der Waals surface area contributed by atoms with Gasteiger partial charge in [-0.1, -0.05) is 55.8 Å². The van der Waals surface area contributed by atoms with Crippen LogP contribution in [0.25, 0.3) is 11.0 Å². The number of hydrogen-bond acceptors (Lipinski definition) is 3. The van der Waals surface area contributed by atoms with Gasteiger partial charge in [0.2, 0.25) is 0 Å². The smallest absolute Gasteiger partial charge is 0.251 e. The fourth-order valence-corrected chi connectivity index (χ4v) is 4.13. The van der Waals surface area contributed by atoms with Crippen LogP contribution in [0.15, 0.2) is 72.8 Å². The molecule has 176 valence electrons. The second kappa shape index (κ2) is 11.0. The van der Waals surface area contributed by atoms with Gasteiger partial charge in [0.05, 0.1) is 17.6 Å². The quantitative estimate of drug-likeness (QED) is 0.323. The van der Waals surface area contributed by atoms with Crippen molar-refractivity contribution in [3.05, 3.63) is 95.3 Å². The Labute approximate surface area is 201 Å². The molecule has 1 unspecified atom stereocenters. The average Bonchev–Trinajstić information content (AvgIpc) is 3.21. The Morgan fingerprint density at radius 1 is 1.06 bits per heavy atom. The average molecular weight is 456 g/mol. The second-order valence-electron chi connectivity index (χ2n) is 8.77. The molecule has 0 fully saturated rings. The van der Waals surface area contributed by atoms with Crippen LogP contribution in [0.4, 0.5) is 0 Å². The largest absolute Gasteiger partial charge is 0.492 e. The van der Waals surface area contributed by atoms with Crippen LogP contribution in [0.2, 0.25) is 0 Å². The van der Waals surface area contributed by atoms with E-state index in [4.69, 9.17) is 9.72 Å². The van der Waals surface area contributed by atoms with Crippen molar-refractivity contribution >= 4 is 16.9 Å². The summed E-state index contributed by atoms with van der Waals surface area (Å²) in [5.74, 6) is 2.32. The highest BCUT2D eigenvalue weighted by atomic mass is 16.5. The van der Waals surface area contributed by atoms with E-state index in [0.717, 1.165) is 34.6 Å². The lowest BCUT2D eigenvalue weighted by Gasteiger charge is -2.13. The maximum atomic E-state index is 12.5. The van der Waals surface area contributed by atoms with E-state index in [-0.39, 0.29) is 5.91 Å². The lowest BCUT2D eigenvalue weighted by atomic mass is 9.99. The molecule has 0 aliphatic carbocycles. The van der Waals surface area contributed by atoms with Gasteiger partial charge in [-0.05, 0) is 61.2 Å². The molecule has 0 saturated heterocycles. The summed E-state index contributed by atoms with van der Waals surface area (Å²) in [4.78, 5) is 17.3. The Balaban J connectivity index is 1.39. The van der Waals surface area contributed by atoms with Gasteiger partial charge in [0.25, 0.3) is 5.91 Å². The lowest BCUT2D eigenvalue weighted by Crippen LogP contribution is -2.26. The van der Waals surface area contributed by atoms with Crippen molar-refractivity contribution in [1.29, 1.82) is 0 Å². The number of benzene rings is 3. The molecule has 1 N–H and O–H groups in total. The number of carbonyl (C=O) groups excluding carboxylic acids is 1. The fraction of sp³-hybridized carbons (Fsp3) is 0.310. The molecule has 4 rings (SSSR count). The molecule has 0 saturated carbocycles. The molecule has 0 radical (unpaired) electrons. The molecule has 1 heterocycles. The van der Waals surface area contributed by atoms with E-state index in [1.165, 1.54) is 5.56 Å². The monoisotopic (exact) mass is 455 g/mol. The molecule has 5 nitrogen and oxygen atoms in total. The zero-order valence-electron chi connectivity index (χ0n) is 20.3. The molecule has 3 aromatic carbocycles. The Morgan fingerprint density at radius 2 is 1.85 bits per heavy atom. The number of fused-ring (bicyclic) bond motifs is 1. The normalized spacial score (nSPS) is 12.0. The first-order chi connectivity index (χ1) is 16.5. The molecule has 5 heteroatoms. The van der Waals surface area contributed by atoms with Crippen LogP contribution >= 0.6 is 0 Å². The highest BCUT2D eigenvalue weighted by molar-refractivity contribution is 5.94. The minimum atomic E-state index is -0.0597. The van der Waals surface area contributed by atoms with E-state index < -0.39 is 0 Å². The Kier molecular flexibility index (Phi) is 7.63. The van der Waals surface area contributed by atoms with Crippen molar-refractivity contribution < 1.29 is 9.53 Å². The van der Waals surface area contributed by atoms with Crippen molar-refractivity contribution in [2.45, 2.75) is 46.1 Å². The number of aromatic nitrogens is 2. The highest BCUT2D eigenvalue weighted by Gasteiger charge is 2.12. The first-order valence-corrected chi connectivity index (χ1v) is 12.1. The Hall–Kier alpha value is -3.60. The van der Waals surface area contributed by atoms with Gasteiger partial charge in [-0.3, -0.25) is 4.79 Å². The van der Waals surface area contributed by atoms with Crippen LogP contribution in [-0.4, -0.2) is 28.6 Å². The number of hydrogen-bond donors (Lipinski definition) is 1. The van der Waals surface area contributed by atoms with E-state index in [1.807, 2.05) is 49.4 Å². The van der Waals surface area contributed by atoms with Crippen LogP contribution in [0.3, 0.4) is 0 Å². The van der Waals surface area contributed by atoms with Crippen molar-refractivity contribution in [1.82, 2.24) is 14.9 Å². The summed E-state index contributed by atoms with van der Waals surface area (Å²) < 4.78 is 8.24. The van der Waals surface area contributed by atoms with Gasteiger partial charge >= 0.3 is 0 Å². The molecule has 0 aliphatic heterocycles. The minimum Gasteiger partial charge on any atom is -0.492 e. The number of imidazole rings is 1. The van der Waals surface area contributed by atoms with Crippen molar-refractivity contribution in [3.8, 4) is 5.75 Å². The SMILES string of the molecule is CCC(C)c1ccc(OCCn2c(CCNC(=O)c3cccc(C)c3)nc3ccccc32)cc1. The number of para-hydroxylation sites is 2. The first kappa shape index (κ1) is 23.6. The summed E-state index contributed by atoms with van der Waals surface area (Å²) in [6, 6.07) is 24.2. The molecule has 1 atom stereocenters. The number of aryl methyl sites for hydroxylation is 1. The van der Waals surface area contributed by atoms with Crippen LogP contribution in [0, 0.1) is 6.92 Å². The topological polar surface area (TPSA) is 56.1 Å². The van der Waals surface area contributed by atoms with Gasteiger partial charge < -0.3 is 14.6 Å². The van der Waals surface area contributed by atoms with Crippen molar-refractivity contribution in [2.75, 3.05) is 13.2 Å². The van der Waals surface area contributed by atoms with E-state index >= 15 is 0 Å². The standard InChI is InChI=1S/C29H33N3O2/c1-4-22(3)23-12-14-25(15-13-23)34-19-18-32-27-11-6-5-10-26(27)31-28(32)16-17-30-29(33)24-9-7-8-21(2)20-24/h5-15,20,22H,4,16-19H2,1-3H3,(H,30,33). The summed E-state index contributed by atoms with van der Waals surface area (Å²) in [6.45, 7) is 8.19. The number of ether oxygens (including phenoxy) is 1. The lowest BCUT2D eigenvalue weighted by molar-refractivity contribution is 0.0953. The van der Waals surface area contributed by atoms with Crippen molar-refractivity contribution in [3.63, 3.8) is 0 Å². The molecule has 0 aliphatic rings. The van der Waals surface area contributed by atoms with E-state index in [1.54, 1.807) is 0 Å². The van der Waals surface area contributed by atoms with Gasteiger partial charge in [0, 0.05) is 18.5 Å². The van der Waals surface area contributed by atoms with Gasteiger partial charge in [-0.15, -0.1) is 0 Å². The molecule has 0 spiro atoms. The highest BCUT2D eigenvalue weighted by Crippen LogP contribution is 2.22. The molecular weight excluding hydrogens is 422 g/mol. The van der Waals surface area contributed by atoms with Gasteiger partial charge in [-0.2, -0.15) is 0 Å². The van der Waals surface area contributed by atoms with Gasteiger partial charge in [0.1, 0.15) is 18.2 Å². The van der Waals surface area contributed by atoms with Gasteiger partial charge in [0.15, 0.2) is 0 Å². The summed E-state index contributed by atoms with van der Waals surface area (Å²) in [7, 11) is 0. The zero-order valence-corrected chi connectivity index (χ0v) is 20.3. The van der Waals surface area contributed by atoms with Crippen LogP contribution in [-0.2, 0) is 13.0 Å². The van der Waals surface area contributed by atoms with Crippen molar-refractivity contribution in [2.24, 2.45) is 0 Å². The fourth-order valence-electron chi connectivity index (χ4n) is 4.13. The second-order valence-corrected chi connectivity index (χ2v) is 8.77. The molecule has 1 amide bonds. The number of amides is 1. The first-order valence-electron chi connectivity index (χ1n) is 12.1. The predicted molar refractivity (Wildman–Crippen MR) is 138 cm³/mol. The van der Waals surface area contributed by atoms with E-state index in [9.17, 15) is 4.79 Å². The third-order valence-electron chi connectivity index (χ3n) is 6.29.